The Hall–Kier alpha value is -3.00. The van der Waals surface area contributed by atoms with E-state index in [4.69, 9.17) is 0 Å². The topological polar surface area (TPSA) is 91.6 Å². The molecule has 0 unspecified atom stereocenters. The zero-order chi connectivity index (χ0) is 19.5. The first-order valence-corrected chi connectivity index (χ1v) is 9.56. The minimum Gasteiger partial charge on any atom is -0.377 e. The van der Waals surface area contributed by atoms with Gasteiger partial charge in [0.2, 0.25) is 0 Å². The van der Waals surface area contributed by atoms with Crippen LogP contribution in [0.15, 0.2) is 42.6 Å². The number of piperazine rings is 1. The van der Waals surface area contributed by atoms with Gasteiger partial charge in [-0.3, -0.25) is 24.8 Å². The number of nitro benzene ring substituents is 1. The molecule has 1 aromatic heterocycles. The predicted molar refractivity (Wildman–Crippen MR) is 105 cm³/mol. The van der Waals surface area contributed by atoms with Crippen molar-refractivity contribution in [3.05, 3.63) is 64.0 Å². The van der Waals surface area contributed by atoms with Crippen molar-refractivity contribution in [2.45, 2.75) is 25.4 Å². The molecule has 146 valence electrons. The lowest BCUT2D eigenvalue weighted by Crippen LogP contribution is -2.48. The number of anilines is 1. The second-order valence-electron chi connectivity index (χ2n) is 7.30. The number of rotatable bonds is 6. The Morgan fingerprint density at radius 3 is 2.61 bits per heavy atom. The van der Waals surface area contributed by atoms with E-state index in [9.17, 15) is 14.9 Å². The number of benzene rings is 1. The molecule has 1 aromatic carbocycles. The number of amides is 1. The van der Waals surface area contributed by atoms with Crippen LogP contribution >= 0.6 is 0 Å². The Kier molecular flexibility index (Phi) is 5.21. The SMILES string of the molecule is O=C(c1ccc(NC2CC2)c([N+](=O)[O-])c1)N1CCN(Cc2ccccn2)CC1. The van der Waals surface area contributed by atoms with Gasteiger partial charge in [0, 0.05) is 56.6 Å². The van der Waals surface area contributed by atoms with Gasteiger partial charge in [-0.05, 0) is 37.1 Å². The Balaban J connectivity index is 1.39. The van der Waals surface area contributed by atoms with Crippen LogP contribution in [0.1, 0.15) is 28.9 Å². The number of nitro groups is 1. The van der Waals surface area contributed by atoms with Crippen molar-refractivity contribution in [1.29, 1.82) is 0 Å². The van der Waals surface area contributed by atoms with Crippen LogP contribution in [0, 0.1) is 10.1 Å². The molecule has 0 radical (unpaired) electrons. The van der Waals surface area contributed by atoms with Crippen LogP contribution in [0.3, 0.4) is 0 Å². The van der Waals surface area contributed by atoms with E-state index < -0.39 is 4.92 Å². The number of carbonyl (C=O) groups excluding carboxylic acids is 1. The number of nitrogens with zero attached hydrogens (tertiary/aromatic N) is 4. The summed E-state index contributed by atoms with van der Waals surface area (Å²) in [6.07, 6.45) is 3.84. The van der Waals surface area contributed by atoms with Crippen LogP contribution in [0.4, 0.5) is 11.4 Å². The van der Waals surface area contributed by atoms with Gasteiger partial charge >= 0.3 is 0 Å². The molecule has 2 aromatic rings. The number of carbonyl (C=O) groups is 1. The van der Waals surface area contributed by atoms with E-state index in [-0.39, 0.29) is 11.6 Å². The quantitative estimate of drug-likeness (QED) is 0.611. The molecule has 2 heterocycles. The fourth-order valence-corrected chi connectivity index (χ4v) is 3.40. The van der Waals surface area contributed by atoms with Gasteiger partial charge in [0.05, 0.1) is 10.6 Å². The first-order valence-electron chi connectivity index (χ1n) is 9.56. The Bertz CT molecular complexity index is 861. The smallest absolute Gasteiger partial charge is 0.293 e. The van der Waals surface area contributed by atoms with Crippen LogP contribution < -0.4 is 5.32 Å². The molecule has 0 atom stereocenters. The number of hydrogen-bond acceptors (Lipinski definition) is 6. The van der Waals surface area contributed by atoms with Gasteiger partial charge in [-0.25, -0.2) is 0 Å². The molecule has 8 heteroatoms. The molecule has 0 bridgehead atoms. The highest BCUT2D eigenvalue weighted by atomic mass is 16.6. The van der Waals surface area contributed by atoms with Crippen molar-refractivity contribution >= 4 is 17.3 Å². The lowest BCUT2D eigenvalue weighted by atomic mass is 10.1. The molecular weight excluding hydrogens is 358 g/mol. The summed E-state index contributed by atoms with van der Waals surface area (Å²) in [7, 11) is 0. The first kappa shape index (κ1) is 18.4. The molecule has 1 N–H and O–H groups in total. The summed E-state index contributed by atoms with van der Waals surface area (Å²) < 4.78 is 0. The molecule has 1 aliphatic heterocycles. The highest BCUT2D eigenvalue weighted by Gasteiger charge is 2.27. The van der Waals surface area contributed by atoms with Crippen LogP contribution in [0.25, 0.3) is 0 Å². The van der Waals surface area contributed by atoms with Crippen LogP contribution in [-0.4, -0.2) is 57.8 Å². The molecule has 1 saturated heterocycles. The average molecular weight is 381 g/mol. The van der Waals surface area contributed by atoms with Crippen molar-refractivity contribution in [2.75, 3.05) is 31.5 Å². The van der Waals surface area contributed by atoms with E-state index in [1.165, 1.54) is 6.07 Å². The normalized spacial score (nSPS) is 17.4. The van der Waals surface area contributed by atoms with Crippen molar-refractivity contribution in [3.8, 4) is 0 Å². The van der Waals surface area contributed by atoms with Crippen LogP contribution in [-0.2, 0) is 6.54 Å². The lowest BCUT2D eigenvalue weighted by Gasteiger charge is -2.34. The summed E-state index contributed by atoms with van der Waals surface area (Å²) in [5.41, 5.74) is 1.83. The Morgan fingerprint density at radius 1 is 1.18 bits per heavy atom. The van der Waals surface area contributed by atoms with Gasteiger partial charge in [-0.15, -0.1) is 0 Å². The van der Waals surface area contributed by atoms with Gasteiger partial charge in [0.25, 0.3) is 11.6 Å². The summed E-state index contributed by atoms with van der Waals surface area (Å²) in [5.74, 6) is -0.154. The average Bonchev–Trinajstić information content (AvgIpc) is 3.53. The maximum atomic E-state index is 12.8. The van der Waals surface area contributed by atoms with Crippen LogP contribution in [0.2, 0.25) is 0 Å². The van der Waals surface area contributed by atoms with E-state index in [0.29, 0.717) is 30.4 Å². The fourth-order valence-electron chi connectivity index (χ4n) is 3.40. The fraction of sp³-hybridized carbons (Fsp3) is 0.400. The molecule has 8 nitrogen and oxygen atoms in total. The second kappa shape index (κ2) is 7.93. The molecule has 1 amide bonds. The van der Waals surface area contributed by atoms with Crippen molar-refractivity contribution in [1.82, 2.24) is 14.8 Å². The standard InChI is InChI=1S/C20H23N5O3/c26-20(15-4-7-18(22-16-5-6-16)19(13-15)25(27)28)24-11-9-23(10-12-24)14-17-3-1-2-8-21-17/h1-4,7-8,13,16,22H,5-6,9-12,14H2. The van der Waals surface area contributed by atoms with E-state index in [2.05, 4.69) is 15.2 Å². The maximum Gasteiger partial charge on any atom is 0.293 e. The zero-order valence-electron chi connectivity index (χ0n) is 15.6. The number of aromatic nitrogens is 1. The van der Waals surface area contributed by atoms with E-state index in [1.54, 1.807) is 23.2 Å². The number of nitrogens with one attached hydrogen (secondary N) is 1. The molecule has 4 rings (SSSR count). The number of hydrogen-bond donors (Lipinski definition) is 1. The highest BCUT2D eigenvalue weighted by Crippen LogP contribution is 2.31. The first-order chi connectivity index (χ1) is 13.6. The summed E-state index contributed by atoms with van der Waals surface area (Å²) in [5, 5.41) is 14.6. The van der Waals surface area contributed by atoms with Crippen molar-refractivity contribution < 1.29 is 9.72 Å². The molecule has 28 heavy (non-hydrogen) atoms. The van der Waals surface area contributed by atoms with Gasteiger partial charge in [-0.2, -0.15) is 0 Å². The molecule has 0 spiro atoms. The molecular formula is C20H23N5O3. The Morgan fingerprint density at radius 2 is 1.96 bits per heavy atom. The molecule has 2 fully saturated rings. The van der Waals surface area contributed by atoms with E-state index >= 15 is 0 Å². The molecule has 2 aliphatic rings. The summed E-state index contributed by atoms with van der Waals surface area (Å²) >= 11 is 0. The zero-order valence-corrected chi connectivity index (χ0v) is 15.6. The Labute approximate surface area is 163 Å². The van der Waals surface area contributed by atoms with Crippen LogP contribution in [0.5, 0.6) is 0 Å². The third-order valence-corrected chi connectivity index (χ3v) is 5.15. The maximum absolute atomic E-state index is 12.8. The molecule has 1 saturated carbocycles. The minimum atomic E-state index is -0.424. The van der Waals surface area contributed by atoms with Gasteiger partial charge < -0.3 is 10.2 Å². The third-order valence-electron chi connectivity index (χ3n) is 5.15. The largest absolute Gasteiger partial charge is 0.377 e. The number of pyridine rings is 1. The van der Waals surface area contributed by atoms with Gasteiger partial charge in [0.15, 0.2) is 0 Å². The predicted octanol–water partition coefficient (Wildman–Crippen LogP) is 2.52. The summed E-state index contributed by atoms with van der Waals surface area (Å²) in [6, 6.07) is 10.9. The lowest BCUT2D eigenvalue weighted by molar-refractivity contribution is -0.384. The van der Waals surface area contributed by atoms with E-state index in [1.807, 2.05) is 18.2 Å². The minimum absolute atomic E-state index is 0.0356. The third kappa shape index (κ3) is 4.28. The summed E-state index contributed by atoms with van der Waals surface area (Å²) in [6.45, 7) is 3.47. The van der Waals surface area contributed by atoms with Crippen molar-refractivity contribution in [2.24, 2.45) is 0 Å². The summed E-state index contributed by atoms with van der Waals surface area (Å²) in [4.78, 5) is 32.2. The van der Waals surface area contributed by atoms with Gasteiger partial charge in [0.1, 0.15) is 5.69 Å². The second-order valence-corrected chi connectivity index (χ2v) is 7.30. The highest BCUT2D eigenvalue weighted by molar-refractivity contribution is 5.95. The van der Waals surface area contributed by atoms with E-state index in [0.717, 1.165) is 38.2 Å². The van der Waals surface area contributed by atoms with Crippen molar-refractivity contribution in [3.63, 3.8) is 0 Å². The monoisotopic (exact) mass is 381 g/mol. The van der Waals surface area contributed by atoms with Gasteiger partial charge in [-0.1, -0.05) is 6.07 Å². The molecule has 1 aliphatic carbocycles.